The Morgan fingerprint density at radius 2 is 1.71 bits per heavy atom. The molecule has 210 valence electrons. The van der Waals surface area contributed by atoms with Crippen LogP contribution in [0.4, 0.5) is 21.7 Å². The van der Waals surface area contributed by atoms with Crippen molar-refractivity contribution in [2.75, 3.05) is 48.7 Å². The maximum atomic E-state index is 13.3. The van der Waals surface area contributed by atoms with E-state index in [1.165, 1.54) is 30.5 Å². The summed E-state index contributed by atoms with van der Waals surface area (Å²) in [5.74, 6) is -1.26. The number of carbonyl (C=O) groups excluding carboxylic acids is 2. The number of nitrogens with two attached hydrogens (primary N) is 1. The van der Waals surface area contributed by atoms with Gasteiger partial charge < -0.3 is 25.6 Å². The minimum absolute atomic E-state index is 0.136. The fourth-order valence-electron chi connectivity index (χ4n) is 4.51. The molecule has 3 heterocycles. The number of rotatable bonds is 8. The van der Waals surface area contributed by atoms with E-state index < -0.39 is 23.8 Å². The van der Waals surface area contributed by atoms with Gasteiger partial charge in [0.1, 0.15) is 11.6 Å². The highest BCUT2D eigenvalue weighted by Crippen LogP contribution is 2.25. The van der Waals surface area contributed by atoms with E-state index in [0.717, 1.165) is 38.5 Å². The molecule has 1 atom stereocenters. The molecule has 1 fully saturated rings. The average Bonchev–Trinajstić information content (AvgIpc) is 3.01. The summed E-state index contributed by atoms with van der Waals surface area (Å²) in [6.07, 6.45) is 1.81. The Morgan fingerprint density at radius 1 is 0.976 bits per heavy atom. The van der Waals surface area contributed by atoms with Gasteiger partial charge in [-0.2, -0.15) is 0 Å². The number of hydrogen-bond acceptors (Lipinski definition) is 9. The number of nitrogens with one attached hydrogen (secondary N) is 1. The highest BCUT2D eigenvalue weighted by molar-refractivity contribution is 5.99. The highest BCUT2D eigenvalue weighted by Gasteiger charge is 2.28. The number of anilines is 3. The number of nitrogens with zero attached hydrogens (tertiary/aromatic N) is 5. The van der Waals surface area contributed by atoms with Crippen molar-refractivity contribution < 1.29 is 18.7 Å². The van der Waals surface area contributed by atoms with E-state index in [1.807, 2.05) is 12.1 Å². The zero-order valence-corrected chi connectivity index (χ0v) is 22.5. The van der Waals surface area contributed by atoms with Crippen LogP contribution in [0.15, 0.2) is 79.1 Å². The summed E-state index contributed by atoms with van der Waals surface area (Å²) in [6.45, 7) is 6.96. The predicted molar refractivity (Wildman–Crippen MR) is 154 cm³/mol. The fraction of sp³-hybridized carbons (Fsp3) is 0.233. The second-order valence-corrected chi connectivity index (χ2v) is 9.51. The zero-order chi connectivity index (χ0) is 28.8. The van der Waals surface area contributed by atoms with Crippen molar-refractivity contribution in [2.24, 2.45) is 0 Å². The smallest absolute Gasteiger partial charge is 0.361 e. The Kier molecular flexibility index (Phi) is 8.44. The van der Waals surface area contributed by atoms with Gasteiger partial charge in [-0.1, -0.05) is 37.3 Å². The molecule has 1 amide bonds. The molecule has 11 heteroatoms. The van der Waals surface area contributed by atoms with Crippen molar-refractivity contribution in [1.82, 2.24) is 19.9 Å². The van der Waals surface area contributed by atoms with Crippen molar-refractivity contribution in [3.05, 3.63) is 96.2 Å². The van der Waals surface area contributed by atoms with Crippen LogP contribution in [0.1, 0.15) is 29.1 Å². The molecule has 4 aromatic rings. The molecule has 2 aromatic carbocycles. The van der Waals surface area contributed by atoms with Crippen LogP contribution in [0.3, 0.4) is 0 Å². The summed E-state index contributed by atoms with van der Waals surface area (Å²) in [5.41, 5.74) is 7.59. The second-order valence-electron chi connectivity index (χ2n) is 9.51. The van der Waals surface area contributed by atoms with E-state index >= 15 is 0 Å². The zero-order valence-electron chi connectivity index (χ0n) is 22.5. The Labute approximate surface area is 237 Å². The third kappa shape index (κ3) is 6.64. The average molecular weight is 556 g/mol. The normalized spacial score (nSPS) is 14.3. The lowest BCUT2D eigenvalue weighted by Gasteiger charge is -2.34. The molecular formula is C30H30FN7O3. The molecule has 2 aromatic heterocycles. The molecule has 1 aliphatic heterocycles. The Hall–Kier alpha value is -4.90. The number of aromatic nitrogens is 3. The number of piperazine rings is 1. The molecule has 0 saturated carbocycles. The molecule has 0 bridgehead atoms. The van der Waals surface area contributed by atoms with Gasteiger partial charge in [0.15, 0.2) is 11.5 Å². The van der Waals surface area contributed by atoms with Crippen LogP contribution in [0.5, 0.6) is 0 Å². The first-order chi connectivity index (χ1) is 19.9. The van der Waals surface area contributed by atoms with Crippen molar-refractivity contribution in [3.63, 3.8) is 0 Å². The monoisotopic (exact) mass is 555 g/mol. The molecule has 10 nitrogen and oxygen atoms in total. The van der Waals surface area contributed by atoms with E-state index in [-0.39, 0.29) is 11.5 Å². The van der Waals surface area contributed by atoms with E-state index in [9.17, 15) is 14.0 Å². The number of benzene rings is 2. The van der Waals surface area contributed by atoms with Gasteiger partial charge in [-0.3, -0.25) is 4.79 Å². The fourth-order valence-corrected chi connectivity index (χ4v) is 4.51. The van der Waals surface area contributed by atoms with Gasteiger partial charge in [0, 0.05) is 49.2 Å². The summed E-state index contributed by atoms with van der Waals surface area (Å²) >= 11 is 0. The summed E-state index contributed by atoms with van der Waals surface area (Å²) in [7, 11) is 0. The minimum Gasteiger partial charge on any atom is -0.442 e. The second kappa shape index (κ2) is 12.5. The first kappa shape index (κ1) is 27.7. The SMILES string of the molecule is CCN1CCN(c2ccc(-c3cnc(N)c(C(=O)O[C@@H](C(=O)Nc4ccc(F)cc4)c4ccccc4)n3)cn2)CC1. The number of pyridine rings is 1. The standard InChI is InChI=1S/C30H30FN7O3/c1-2-37-14-16-38(17-15-37)25-13-8-21(18-33-25)24-19-34-28(32)26(36-24)30(40)41-27(20-6-4-3-5-7-20)29(39)35-23-11-9-22(31)10-12-23/h3-13,18-19,27H,2,14-17H2,1H3,(H2,32,34)(H,35,39)/t27-/m1/s1. The quantitative estimate of drug-likeness (QED) is 0.311. The molecule has 0 spiro atoms. The third-order valence-electron chi connectivity index (χ3n) is 6.86. The topological polar surface area (TPSA) is 127 Å². The molecule has 0 unspecified atom stereocenters. The molecule has 0 aliphatic carbocycles. The maximum Gasteiger partial charge on any atom is 0.361 e. The van der Waals surface area contributed by atoms with Gasteiger partial charge in [-0.25, -0.2) is 24.1 Å². The Bertz CT molecular complexity index is 1490. The lowest BCUT2D eigenvalue weighted by molar-refractivity contribution is -0.125. The van der Waals surface area contributed by atoms with Crippen LogP contribution in [0, 0.1) is 5.82 Å². The van der Waals surface area contributed by atoms with Crippen molar-refractivity contribution >= 4 is 29.2 Å². The Balaban J connectivity index is 1.34. The van der Waals surface area contributed by atoms with Crippen molar-refractivity contribution in [1.29, 1.82) is 0 Å². The van der Waals surface area contributed by atoms with E-state index in [1.54, 1.807) is 36.5 Å². The first-order valence-electron chi connectivity index (χ1n) is 13.3. The molecule has 41 heavy (non-hydrogen) atoms. The summed E-state index contributed by atoms with van der Waals surface area (Å²) < 4.78 is 19.0. The number of hydrogen-bond donors (Lipinski definition) is 2. The number of nitrogen functional groups attached to an aromatic ring is 1. The summed E-state index contributed by atoms with van der Waals surface area (Å²) in [5, 5.41) is 2.65. The lowest BCUT2D eigenvalue weighted by atomic mass is 10.1. The molecule has 1 saturated heterocycles. The predicted octanol–water partition coefficient (Wildman–Crippen LogP) is 3.94. The first-order valence-corrected chi connectivity index (χ1v) is 13.3. The largest absolute Gasteiger partial charge is 0.442 e. The maximum absolute atomic E-state index is 13.3. The minimum atomic E-state index is -1.33. The van der Waals surface area contributed by atoms with Crippen LogP contribution >= 0.6 is 0 Å². The van der Waals surface area contributed by atoms with E-state index in [0.29, 0.717) is 22.5 Å². The lowest BCUT2D eigenvalue weighted by Crippen LogP contribution is -2.46. The number of carbonyl (C=O) groups is 2. The number of esters is 1. The van der Waals surface area contributed by atoms with Crippen LogP contribution < -0.4 is 16.0 Å². The van der Waals surface area contributed by atoms with Gasteiger partial charge in [-0.15, -0.1) is 0 Å². The molecule has 0 radical (unpaired) electrons. The van der Waals surface area contributed by atoms with Crippen molar-refractivity contribution in [3.8, 4) is 11.3 Å². The molecule has 1 aliphatic rings. The van der Waals surface area contributed by atoms with Crippen LogP contribution in [0.2, 0.25) is 0 Å². The van der Waals surface area contributed by atoms with Crippen LogP contribution in [-0.4, -0.2) is 64.5 Å². The number of amides is 1. The van der Waals surface area contributed by atoms with Gasteiger partial charge >= 0.3 is 5.97 Å². The molecule has 3 N–H and O–H groups in total. The molecular weight excluding hydrogens is 525 g/mol. The van der Waals surface area contributed by atoms with Gasteiger partial charge in [0.05, 0.1) is 11.9 Å². The van der Waals surface area contributed by atoms with Crippen molar-refractivity contribution in [2.45, 2.75) is 13.0 Å². The number of ether oxygens (including phenoxy) is 1. The van der Waals surface area contributed by atoms with E-state index in [2.05, 4.69) is 37.0 Å². The summed E-state index contributed by atoms with van der Waals surface area (Å²) in [6, 6.07) is 17.6. The number of halogens is 1. The Morgan fingerprint density at radius 3 is 2.37 bits per heavy atom. The summed E-state index contributed by atoms with van der Waals surface area (Å²) in [4.78, 5) is 44.2. The van der Waals surface area contributed by atoms with Gasteiger partial charge in [-0.05, 0) is 42.9 Å². The van der Waals surface area contributed by atoms with E-state index in [4.69, 9.17) is 10.5 Å². The molecule has 5 rings (SSSR count). The van der Waals surface area contributed by atoms with Gasteiger partial charge in [0.2, 0.25) is 6.10 Å². The van der Waals surface area contributed by atoms with Crippen LogP contribution in [-0.2, 0) is 9.53 Å². The van der Waals surface area contributed by atoms with Gasteiger partial charge in [0.25, 0.3) is 5.91 Å². The third-order valence-corrected chi connectivity index (χ3v) is 6.86. The van der Waals surface area contributed by atoms with Crippen LogP contribution in [0.25, 0.3) is 11.3 Å². The number of likely N-dealkylation sites (N-methyl/N-ethyl adjacent to an activating group) is 1. The highest BCUT2D eigenvalue weighted by atomic mass is 19.1.